The Hall–Kier alpha value is -0.690. The summed E-state index contributed by atoms with van der Waals surface area (Å²) in [6.45, 7) is 0.571. The van der Waals surface area contributed by atoms with Crippen molar-refractivity contribution in [3.63, 3.8) is 0 Å². The van der Waals surface area contributed by atoms with Crippen LogP contribution in [0.25, 0.3) is 0 Å². The van der Waals surface area contributed by atoms with Gasteiger partial charge in [-0.1, -0.05) is 11.3 Å². The van der Waals surface area contributed by atoms with Gasteiger partial charge in [0.2, 0.25) is 11.0 Å². The summed E-state index contributed by atoms with van der Waals surface area (Å²) in [5, 5.41) is 13.8. The molecule has 0 atom stereocenters. The highest BCUT2D eigenvalue weighted by molar-refractivity contribution is 9.11. The van der Waals surface area contributed by atoms with Crippen LogP contribution >= 0.6 is 27.3 Å². The van der Waals surface area contributed by atoms with Crippen LogP contribution in [-0.4, -0.2) is 29.7 Å². The lowest BCUT2D eigenvalue weighted by atomic mass is 10.4. The highest BCUT2D eigenvalue weighted by Crippen LogP contribution is 2.19. The van der Waals surface area contributed by atoms with E-state index in [9.17, 15) is 4.79 Å². The number of hydrogen-bond donors (Lipinski definition) is 2. The smallest absolute Gasteiger partial charge is 0.221 e. The minimum Gasteiger partial charge on any atom is -0.360 e. The van der Waals surface area contributed by atoms with Crippen molar-refractivity contribution in [2.75, 3.05) is 18.9 Å². The van der Waals surface area contributed by atoms with Crippen molar-refractivity contribution in [3.8, 4) is 0 Å². The van der Waals surface area contributed by atoms with Gasteiger partial charge in [0.05, 0.1) is 0 Å². The number of aromatic nitrogens is 2. The van der Waals surface area contributed by atoms with Crippen LogP contribution in [0.4, 0.5) is 5.13 Å². The summed E-state index contributed by atoms with van der Waals surface area (Å²) >= 11 is 4.59. The van der Waals surface area contributed by atoms with Crippen molar-refractivity contribution < 1.29 is 4.79 Å². The monoisotopic (exact) mass is 264 g/mol. The van der Waals surface area contributed by atoms with Gasteiger partial charge in [0.1, 0.15) is 0 Å². The van der Waals surface area contributed by atoms with E-state index in [1.165, 1.54) is 11.3 Å². The molecule has 0 saturated carbocycles. The van der Waals surface area contributed by atoms with Gasteiger partial charge in [-0.05, 0) is 15.9 Å². The molecule has 5 nitrogen and oxygen atoms in total. The molecule has 2 N–H and O–H groups in total. The molecule has 0 aliphatic rings. The van der Waals surface area contributed by atoms with Crippen molar-refractivity contribution in [2.45, 2.75) is 6.42 Å². The highest BCUT2D eigenvalue weighted by Gasteiger charge is 2.01. The number of nitrogens with one attached hydrogen (secondary N) is 2. The molecule has 0 aliphatic carbocycles. The first-order valence-corrected chi connectivity index (χ1v) is 5.27. The van der Waals surface area contributed by atoms with Crippen molar-refractivity contribution in [3.05, 3.63) is 3.92 Å². The lowest BCUT2D eigenvalue weighted by Gasteiger charge is -1.99. The van der Waals surface area contributed by atoms with E-state index >= 15 is 0 Å². The Morgan fingerprint density at radius 1 is 1.62 bits per heavy atom. The molecule has 1 aromatic heterocycles. The molecule has 72 valence electrons. The third-order valence-electron chi connectivity index (χ3n) is 1.31. The topological polar surface area (TPSA) is 66.9 Å². The van der Waals surface area contributed by atoms with Gasteiger partial charge in [0, 0.05) is 20.0 Å². The predicted octanol–water partition coefficient (Wildman–Crippen LogP) is 0.849. The molecule has 0 radical (unpaired) electrons. The quantitative estimate of drug-likeness (QED) is 0.847. The summed E-state index contributed by atoms with van der Waals surface area (Å²) in [6, 6.07) is 0. The van der Waals surface area contributed by atoms with Crippen LogP contribution in [0.2, 0.25) is 0 Å². The molecule has 1 heterocycles. The fourth-order valence-electron chi connectivity index (χ4n) is 0.685. The first-order chi connectivity index (χ1) is 6.22. The van der Waals surface area contributed by atoms with E-state index in [1.54, 1.807) is 7.05 Å². The minimum atomic E-state index is 0.0103. The maximum absolute atomic E-state index is 10.8. The lowest BCUT2D eigenvalue weighted by molar-refractivity contribution is -0.120. The molecule has 0 fully saturated rings. The predicted molar refractivity (Wildman–Crippen MR) is 54.8 cm³/mol. The van der Waals surface area contributed by atoms with Crippen LogP contribution in [-0.2, 0) is 4.79 Å². The number of hydrogen-bond acceptors (Lipinski definition) is 5. The SMILES string of the molecule is CNC(=O)CCNc1nnc(Br)s1. The number of nitrogens with zero attached hydrogens (tertiary/aromatic N) is 2. The summed E-state index contributed by atoms with van der Waals surface area (Å²) in [7, 11) is 1.61. The van der Waals surface area contributed by atoms with Gasteiger partial charge < -0.3 is 10.6 Å². The fourth-order valence-corrected chi connectivity index (χ4v) is 1.72. The van der Waals surface area contributed by atoms with Gasteiger partial charge in [-0.15, -0.1) is 10.2 Å². The summed E-state index contributed by atoms with van der Waals surface area (Å²) in [5.74, 6) is 0.0103. The number of halogens is 1. The Balaban J connectivity index is 2.24. The first-order valence-electron chi connectivity index (χ1n) is 3.66. The Bertz CT molecular complexity index is 290. The molecule has 0 saturated heterocycles. The molecule has 7 heteroatoms. The zero-order valence-electron chi connectivity index (χ0n) is 7.00. The zero-order valence-corrected chi connectivity index (χ0v) is 9.41. The van der Waals surface area contributed by atoms with Crippen molar-refractivity contribution >= 4 is 38.3 Å². The molecular formula is C6H9BrN4OS. The zero-order chi connectivity index (χ0) is 9.68. The number of carbonyl (C=O) groups is 1. The van der Waals surface area contributed by atoms with Gasteiger partial charge in [0.25, 0.3) is 0 Å². The van der Waals surface area contributed by atoms with Crippen LogP contribution in [0.3, 0.4) is 0 Å². The molecule has 0 aromatic carbocycles. The summed E-state index contributed by atoms with van der Waals surface area (Å²) < 4.78 is 0.731. The van der Waals surface area contributed by atoms with E-state index < -0.39 is 0 Å². The van der Waals surface area contributed by atoms with Gasteiger partial charge in [0.15, 0.2) is 3.92 Å². The maximum Gasteiger partial charge on any atom is 0.221 e. The average Bonchev–Trinajstić information content (AvgIpc) is 2.51. The van der Waals surface area contributed by atoms with E-state index in [4.69, 9.17) is 0 Å². The fraction of sp³-hybridized carbons (Fsp3) is 0.500. The normalized spacial score (nSPS) is 9.69. The second kappa shape index (κ2) is 5.13. The Labute approximate surface area is 88.1 Å². The molecular weight excluding hydrogens is 256 g/mol. The largest absolute Gasteiger partial charge is 0.360 e. The van der Waals surface area contributed by atoms with Crippen molar-refractivity contribution in [2.24, 2.45) is 0 Å². The molecule has 0 aliphatic heterocycles. The van der Waals surface area contributed by atoms with Crippen LogP contribution < -0.4 is 10.6 Å². The molecule has 1 amide bonds. The highest BCUT2D eigenvalue weighted by atomic mass is 79.9. The molecule has 1 rings (SSSR count). The lowest BCUT2D eigenvalue weighted by Crippen LogP contribution is -2.20. The molecule has 13 heavy (non-hydrogen) atoms. The minimum absolute atomic E-state index is 0.0103. The summed E-state index contributed by atoms with van der Waals surface area (Å²) in [5.41, 5.74) is 0. The Kier molecular flexibility index (Phi) is 4.10. The Morgan fingerprint density at radius 3 is 2.92 bits per heavy atom. The van der Waals surface area contributed by atoms with E-state index in [1.807, 2.05) is 0 Å². The van der Waals surface area contributed by atoms with Gasteiger partial charge in [-0.2, -0.15) is 0 Å². The van der Waals surface area contributed by atoms with Gasteiger partial charge in [-0.3, -0.25) is 4.79 Å². The number of carbonyl (C=O) groups excluding carboxylic acids is 1. The first kappa shape index (κ1) is 10.4. The van der Waals surface area contributed by atoms with E-state index in [0.717, 1.165) is 9.05 Å². The molecule has 1 aromatic rings. The third-order valence-corrected chi connectivity index (χ3v) is 2.62. The van der Waals surface area contributed by atoms with E-state index in [2.05, 4.69) is 36.8 Å². The van der Waals surface area contributed by atoms with Crippen LogP contribution in [0.1, 0.15) is 6.42 Å². The second-order valence-corrected chi connectivity index (χ2v) is 4.46. The van der Waals surface area contributed by atoms with Crippen LogP contribution in [0.5, 0.6) is 0 Å². The summed E-state index contributed by atoms with van der Waals surface area (Å²) in [4.78, 5) is 10.8. The molecule has 0 unspecified atom stereocenters. The average molecular weight is 265 g/mol. The number of rotatable bonds is 4. The maximum atomic E-state index is 10.8. The molecule has 0 spiro atoms. The second-order valence-electron chi connectivity index (χ2n) is 2.21. The van der Waals surface area contributed by atoms with E-state index in [-0.39, 0.29) is 5.91 Å². The Morgan fingerprint density at radius 2 is 2.38 bits per heavy atom. The van der Waals surface area contributed by atoms with Crippen molar-refractivity contribution in [1.29, 1.82) is 0 Å². The van der Waals surface area contributed by atoms with Crippen LogP contribution in [0.15, 0.2) is 3.92 Å². The summed E-state index contributed by atoms with van der Waals surface area (Å²) in [6.07, 6.45) is 0.438. The standard InChI is InChI=1S/C6H9BrN4OS/c1-8-4(12)2-3-9-6-11-10-5(7)13-6/h2-3H2,1H3,(H,8,12)(H,9,11). The molecule has 0 bridgehead atoms. The number of anilines is 1. The van der Waals surface area contributed by atoms with Crippen molar-refractivity contribution in [1.82, 2.24) is 15.5 Å². The van der Waals surface area contributed by atoms with Gasteiger partial charge >= 0.3 is 0 Å². The number of amides is 1. The third kappa shape index (κ3) is 3.69. The van der Waals surface area contributed by atoms with Crippen LogP contribution in [0, 0.1) is 0 Å². The van der Waals surface area contributed by atoms with Gasteiger partial charge in [-0.25, -0.2) is 0 Å². The van der Waals surface area contributed by atoms with E-state index in [0.29, 0.717) is 13.0 Å².